The van der Waals surface area contributed by atoms with Gasteiger partial charge < -0.3 is 9.94 Å². The quantitative estimate of drug-likeness (QED) is 0.385. The van der Waals surface area contributed by atoms with Gasteiger partial charge in [0.25, 0.3) is 16.1 Å². The lowest BCUT2D eigenvalue weighted by Crippen LogP contribution is -2.34. The minimum Gasteiger partial charge on any atom is -0.618 e. The number of nitrogens with one attached hydrogen (secondary N) is 2. The fourth-order valence-corrected chi connectivity index (χ4v) is 3.63. The molecule has 0 fully saturated rings. The predicted octanol–water partition coefficient (Wildman–Crippen LogP) is 2.91. The number of ether oxygens (including phenoxy) is 1. The van der Waals surface area contributed by atoms with Crippen LogP contribution in [0, 0.1) is 12.1 Å². The van der Waals surface area contributed by atoms with E-state index in [-0.39, 0.29) is 28.0 Å². The molecule has 0 saturated heterocycles. The van der Waals surface area contributed by atoms with Crippen molar-refractivity contribution in [3.05, 3.63) is 59.1 Å². The number of pyridine rings is 1. The van der Waals surface area contributed by atoms with Gasteiger partial charge in [-0.2, -0.15) is 31.0 Å². The Balaban J connectivity index is 2.08. The lowest BCUT2D eigenvalue weighted by atomic mass is 10.1. The maximum Gasteiger partial charge on any atom is 0.430 e. The van der Waals surface area contributed by atoms with E-state index in [0.29, 0.717) is 6.42 Å². The lowest BCUT2D eigenvalue weighted by Gasteiger charge is -2.22. The molecule has 0 saturated carbocycles. The number of benzene rings is 1. The molecule has 0 aliphatic rings. The number of anilines is 1. The van der Waals surface area contributed by atoms with Crippen LogP contribution in [0.2, 0.25) is 0 Å². The van der Waals surface area contributed by atoms with E-state index in [1.807, 2.05) is 0 Å². The predicted molar refractivity (Wildman–Crippen MR) is 110 cm³/mol. The molecule has 1 atom stereocenters. The highest BCUT2D eigenvalue weighted by atomic mass is 32.2. The van der Waals surface area contributed by atoms with Gasteiger partial charge in [-0.15, -0.1) is 0 Å². The first-order valence-electron chi connectivity index (χ1n) is 9.47. The maximum absolute atomic E-state index is 13.8. The minimum absolute atomic E-state index is 0.102. The van der Waals surface area contributed by atoms with Gasteiger partial charge >= 0.3 is 6.18 Å². The molecule has 0 unspecified atom stereocenters. The standard InChI is InChI=1S/C19H20F3N5O4S/c1-3-10-23-32(29,30)26-17-18(25-15-7-5-4-6-14(15)24-17)31-16(19(20,21)22)13-9-8-12(2)27(28)11-13/h4-9,11,16,23H,3,10H2,1-2H3,(H,24,26)/t16-/m0/s1. The molecule has 2 N–H and O–H groups in total. The SMILES string of the molecule is CCCNS(=O)(=O)Nc1nc2ccccc2nc1O[C@@H](c1ccc(C)[n+]([O-])c1)C(F)(F)F. The molecule has 3 aromatic rings. The molecule has 13 heteroatoms. The number of rotatable bonds is 8. The summed E-state index contributed by atoms with van der Waals surface area (Å²) in [6.07, 6.45) is -6.29. The van der Waals surface area contributed by atoms with Crippen LogP contribution in [0.15, 0.2) is 42.6 Å². The largest absolute Gasteiger partial charge is 0.618 e. The molecule has 0 radical (unpaired) electrons. The molecule has 0 spiro atoms. The Morgan fingerprint density at radius 2 is 1.81 bits per heavy atom. The van der Waals surface area contributed by atoms with Crippen LogP contribution in [0.1, 0.15) is 30.7 Å². The van der Waals surface area contributed by atoms with Crippen LogP contribution in [0.3, 0.4) is 0 Å². The Kier molecular flexibility index (Phi) is 6.69. The van der Waals surface area contributed by atoms with E-state index in [0.717, 1.165) is 12.3 Å². The van der Waals surface area contributed by atoms with E-state index in [2.05, 4.69) is 19.4 Å². The van der Waals surface area contributed by atoms with Crippen LogP contribution >= 0.6 is 0 Å². The monoisotopic (exact) mass is 471 g/mol. The third-order valence-corrected chi connectivity index (χ3v) is 5.32. The van der Waals surface area contributed by atoms with Gasteiger partial charge in [-0.05, 0) is 24.6 Å². The average molecular weight is 471 g/mol. The van der Waals surface area contributed by atoms with Gasteiger partial charge in [0.1, 0.15) is 0 Å². The number of para-hydroxylation sites is 2. The summed E-state index contributed by atoms with van der Waals surface area (Å²) in [7, 11) is -4.15. The molecular formula is C19H20F3N5O4S. The van der Waals surface area contributed by atoms with Gasteiger partial charge in [0.05, 0.1) is 16.6 Å². The summed E-state index contributed by atoms with van der Waals surface area (Å²) in [5, 5.41) is 11.8. The molecule has 1 aromatic carbocycles. The number of aryl methyl sites for hydroxylation is 1. The topological polar surface area (TPSA) is 120 Å². The molecule has 32 heavy (non-hydrogen) atoms. The molecule has 0 aliphatic carbocycles. The molecule has 0 aliphatic heterocycles. The van der Waals surface area contributed by atoms with E-state index < -0.39 is 39.8 Å². The summed E-state index contributed by atoms with van der Waals surface area (Å²) < 4.78 is 75.8. The van der Waals surface area contributed by atoms with Crippen molar-refractivity contribution in [1.82, 2.24) is 14.7 Å². The molecule has 0 amide bonds. The molecule has 0 bridgehead atoms. The third-order valence-electron chi connectivity index (χ3n) is 4.27. The fourth-order valence-electron chi connectivity index (χ4n) is 2.69. The lowest BCUT2D eigenvalue weighted by molar-refractivity contribution is -0.613. The second-order valence-corrected chi connectivity index (χ2v) is 8.33. The first-order valence-corrected chi connectivity index (χ1v) is 11.0. The highest BCUT2D eigenvalue weighted by Gasteiger charge is 2.45. The van der Waals surface area contributed by atoms with Crippen molar-refractivity contribution in [2.45, 2.75) is 32.5 Å². The Morgan fingerprint density at radius 1 is 1.16 bits per heavy atom. The molecule has 9 nitrogen and oxygen atoms in total. The minimum atomic E-state index is -4.94. The zero-order valence-corrected chi connectivity index (χ0v) is 17.9. The Labute approximate surface area is 182 Å². The zero-order chi connectivity index (χ0) is 23.5. The number of alkyl halides is 3. The van der Waals surface area contributed by atoms with Crippen LogP contribution in [0.25, 0.3) is 11.0 Å². The number of nitrogens with zero attached hydrogens (tertiary/aromatic N) is 3. The van der Waals surface area contributed by atoms with Gasteiger partial charge in [0.2, 0.25) is 11.9 Å². The van der Waals surface area contributed by atoms with Crippen molar-refractivity contribution in [2.24, 2.45) is 0 Å². The Hall–Kier alpha value is -3.19. The summed E-state index contributed by atoms with van der Waals surface area (Å²) in [4.78, 5) is 8.11. The van der Waals surface area contributed by atoms with Crippen LogP contribution in [-0.2, 0) is 10.2 Å². The smallest absolute Gasteiger partial charge is 0.430 e. The van der Waals surface area contributed by atoms with Gasteiger partial charge in [0.15, 0.2) is 11.9 Å². The average Bonchev–Trinajstić information content (AvgIpc) is 2.71. The highest BCUT2D eigenvalue weighted by molar-refractivity contribution is 7.90. The molecular weight excluding hydrogens is 451 g/mol. The van der Waals surface area contributed by atoms with Gasteiger partial charge in [-0.3, -0.25) is 4.72 Å². The Morgan fingerprint density at radius 3 is 2.41 bits per heavy atom. The number of fused-ring (bicyclic) bond motifs is 1. The maximum atomic E-state index is 13.8. The molecule has 2 heterocycles. The van der Waals surface area contributed by atoms with E-state index >= 15 is 0 Å². The van der Waals surface area contributed by atoms with Crippen molar-refractivity contribution in [3.63, 3.8) is 0 Å². The summed E-state index contributed by atoms with van der Waals surface area (Å²) in [5.74, 6) is -1.21. The summed E-state index contributed by atoms with van der Waals surface area (Å²) in [6, 6.07) is 8.53. The van der Waals surface area contributed by atoms with Gasteiger partial charge in [-0.25, -0.2) is 9.97 Å². The number of hydrogen-bond acceptors (Lipinski definition) is 6. The van der Waals surface area contributed by atoms with Crippen LogP contribution in [0.5, 0.6) is 5.88 Å². The first-order chi connectivity index (χ1) is 15.0. The van der Waals surface area contributed by atoms with Crippen molar-refractivity contribution >= 4 is 27.1 Å². The second kappa shape index (κ2) is 9.12. The van der Waals surface area contributed by atoms with E-state index in [1.165, 1.54) is 25.1 Å². The highest BCUT2D eigenvalue weighted by Crippen LogP contribution is 2.38. The first kappa shape index (κ1) is 23.5. The van der Waals surface area contributed by atoms with E-state index in [9.17, 15) is 26.8 Å². The number of hydrogen-bond donors (Lipinski definition) is 2. The number of halogens is 3. The molecule has 2 aromatic heterocycles. The third kappa shape index (κ3) is 5.53. The molecule has 3 rings (SSSR count). The summed E-state index contributed by atoms with van der Waals surface area (Å²) >= 11 is 0. The van der Waals surface area contributed by atoms with Crippen molar-refractivity contribution in [2.75, 3.05) is 11.3 Å². The normalized spacial score (nSPS) is 13.2. The molecule has 172 valence electrons. The van der Waals surface area contributed by atoms with Crippen LogP contribution < -0.4 is 18.9 Å². The summed E-state index contributed by atoms with van der Waals surface area (Å²) in [5.41, 5.74) is 0.140. The van der Waals surface area contributed by atoms with Gasteiger partial charge in [0, 0.05) is 19.5 Å². The fraction of sp³-hybridized carbons (Fsp3) is 0.316. The number of aromatic nitrogens is 3. The van der Waals surface area contributed by atoms with Crippen molar-refractivity contribution in [3.8, 4) is 5.88 Å². The van der Waals surface area contributed by atoms with Crippen molar-refractivity contribution in [1.29, 1.82) is 0 Å². The summed E-state index contributed by atoms with van der Waals surface area (Å²) in [6.45, 7) is 3.28. The van der Waals surface area contributed by atoms with Crippen LogP contribution in [-0.4, -0.2) is 31.1 Å². The van der Waals surface area contributed by atoms with Crippen molar-refractivity contribution < 1.29 is 31.1 Å². The van der Waals surface area contributed by atoms with Gasteiger partial charge in [-0.1, -0.05) is 19.1 Å². The second-order valence-electron chi connectivity index (χ2n) is 6.84. The Bertz CT molecular complexity index is 1220. The van der Waals surface area contributed by atoms with Crippen LogP contribution in [0.4, 0.5) is 19.0 Å². The van der Waals surface area contributed by atoms with E-state index in [4.69, 9.17) is 4.74 Å². The van der Waals surface area contributed by atoms with E-state index in [1.54, 1.807) is 19.1 Å². The zero-order valence-electron chi connectivity index (χ0n) is 17.0.